The average molecular weight is 245 g/mol. The summed E-state index contributed by atoms with van der Waals surface area (Å²) < 4.78 is 7.34. The molecule has 0 saturated heterocycles. The zero-order valence-electron chi connectivity index (χ0n) is 11.1. The topological polar surface area (TPSA) is 39.9 Å². The number of rotatable bonds is 5. The molecule has 1 heterocycles. The van der Waals surface area contributed by atoms with Gasteiger partial charge in [0, 0.05) is 13.0 Å². The van der Waals surface area contributed by atoms with Gasteiger partial charge in [0.25, 0.3) is 0 Å². The van der Waals surface area contributed by atoms with Gasteiger partial charge in [-0.05, 0) is 23.6 Å². The van der Waals surface area contributed by atoms with Gasteiger partial charge >= 0.3 is 0 Å². The maximum absolute atomic E-state index is 5.23. The van der Waals surface area contributed by atoms with E-state index in [0.717, 1.165) is 24.5 Å². The van der Waals surface area contributed by atoms with Crippen molar-refractivity contribution in [3.05, 3.63) is 42.0 Å². The predicted octanol–water partition coefficient (Wildman–Crippen LogP) is 2.53. The summed E-state index contributed by atoms with van der Waals surface area (Å²) in [7, 11) is 1.68. The number of aromatic nitrogens is 3. The fraction of sp³-hybridized carbons (Fsp3) is 0.429. The molecule has 18 heavy (non-hydrogen) atoms. The van der Waals surface area contributed by atoms with Gasteiger partial charge in [-0.1, -0.05) is 26.0 Å². The van der Waals surface area contributed by atoms with Crippen molar-refractivity contribution < 1.29 is 4.74 Å². The van der Waals surface area contributed by atoms with Crippen LogP contribution in [0.4, 0.5) is 0 Å². The molecule has 4 nitrogen and oxygen atoms in total. The summed E-state index contributed by atoms with van der Waals surface area (Å²) in [6.07, 6.45) is 2.58. The maximum atomic E-state index is 5.23. The lowest BCUT2D eigenvalue weighted by molar-refractivity contribution is 0.414. The lowest BCUT2D eigenvalue weighted by Crippen LogP contribution is -2.08. The van der Waals surface area contributed by atoms with Crippen molar-refractivity contribution in [1.29, 1.82) is 0 Å². The van der Waals surface area contributed by atoms with Gasteiger partial charge in [-0.3, -0.25) is 0 Å². The number of benzene rings is 1. The van der Waals surface area contributed by atoms with Crippen LogP contribution in [0.15, 0.2) is 30.6 Å². The van der Waals surface area contributed by atoms with Gasteiger partial charge in [0.15, 0.2) is 0 Å². The molecule has 2 aromatic rings. The van der Waals surface area contributed by atoms with Gasteiger partial charge in [0.1, 0.15) is 17.9 Å². The highest BCUT2D eigenvalue weighted by Gasteiger charge is 2.07. The van der Waals surface area contributed by atoms with Crippen molar-refractivity contribution in [2.24, 2.45) is 5.92 Å². The summed E-state index contributed by atoms with van der Waals surface area (Å²) in [5, 5.41) is 8.19. The normalized spacial score (nSPS) is 10.9. The smallest absolute Gasteiger partial charge is 0.137 e. The molecule has 0 aliphatic heterocycles. The highest BCUT2D eigenvalue weighted by Crippen LogP contribution is 2.15. The van der Waals surface area contributed by atoms with E-state index in [0.29, 0.717) is 5.92 Å². The van der Waals surface area contributed by atoms with E-state index < -0.39 is 0 Å². The molecule has 4 heteroatoms. The zero-order valence-corrected chi connectivity index (χ0v) is 11.1. The van der Waals surface area contributed by atoms with Crippen molar-refractivity contribution in [1.82, 2.24) is 14.8 Å². The fourth-order valence-electron chi connectivity index (χ4n) is 1.93. The van der Waals surface area contributed by atoms with Gasteiger partial charge in [0.2, 0.25) is 0 Å². The van der Waals surface area contributed by atoms with Crippen LogP contribution in [0.25, 0.3) is 0 Å². The Morgan fingerprint density at radius 3 is 2.89 bits per heavy atom. The summed E-state index contributed by atoms with van der Waals surface area (Å²) >= 11 is 0. The second-order valence-electron chi connectivity index (χ2n) is 4.82. The van der Waals surface area contributed by atoms with E-state index in [-0.39, 0.29) is 0 Å². The fourth-order valence-corrected chi connectivity index (χ4v) is 1.93. The Morgan fingerprint density at radius 2 is 2.17 bits per heavy atom. The van der Waals surface area contributed by atoms with E-state index >= 15 is 0 Å². The van der Waals surface area contributed by atoms with Gasteiger partial charge in [-0.15, -0.1) is 10.2 Å². The summed E-state index contributed by atoms with van der Waals surface area (Å²) in [5.74, 6) is 2.46. The average Bonchev–Trinajstić information content (AvgIpc) is 2.76. The first-order chi connectivity index (χ1) is 8.69. The minimum atomic E-state index is 0.588. The van der Waals surface area contributed by atoms with Crippen LogP contribution >= 0.6 is 0 Å². The van der Waals surface area contributed by atoms with Crippen molar-refractivity contribution in [2.45, 2.75) is 26.8 Å². The molecule has 0 aliphatic rings. The molecule has 1 aromatic carbocycles. The number of nitrogens with zero attached hydrogens (tertiary/aromatic N) is 3. The van der Waals surface area contributed by atoms with E-state index in [1.165, 1.54) is 5.56 Å². The Balaban J connectivity index is 2.15. The molecule has 1 aromatic heterocycles. The minimum absolute atomic E-state index is 0.588. The summed E-state index contributed by atoms with van der Waals surface area (Å²) in [6, 6.07) is 8.06. The molecule has 0 saturated carbocycles. The molecule has 0 N–H and O–H groups in total. The van der Waals surface area contributed by atoms with Gasteiger partial charge < -0.3 is 9.30 Å². The minimum Gasteiger partial charge on any atom is -0.497 e. The first-order valence-electron chi connectivity index (χ1n) is 6.18. The Bertz CT molecular complexity index is 505. The first-order valence-corrected chi connectivity index (χ1v) is 6.18. The zero-order chi connectivity index (χ0) is 13.0. The summed E-state index contributed by atoms with van der Waals surface area (Å²) in [5.41, 5.74) is 1.19. The Morgan fingerprint density at radius 1 is 1.33 bits per heavy atom. The third-order valence-electron chi connectivity index (χ3n) is 2.75. The van der Waals surface area contributed by atoms with E-state index in [1.807, 2.05) is 18.2 Å². The molecular weight excluding hydrogens is 226 g/mol. The molecule has 0 atom stereocenters. The molecule has 2 rings (SSSR count). The Labute approximate surface area is 108 Å². The summed E-state index contributed by atoms with van der Waals surface area (Å²) in [6.45, 7) is 5.33. The quantitative estimate of drug-likeness (QED) is 0.812. The van der Waals surface area contributed by atoms with Gasteiger partial charge in [-0.2, -0.15) is 0 Å². The Hall–Kier alpha value is -1.84. The molecule has 0 bridgehead atoms. The second kappa shape index (κ2) is 5.67. The van der Waals surface area contributed by atoms with Crippen LogP contribution in [0.3, 0.4) is 0 Å². The lowest BCUT2D eigenvalue weighted by atomic mass is 10.1. The molecule has 0 unspecified atom stereocenters. The third-order valence-corrected chi connectivity index (χ3v) is 2.75. The third kappa shape index (κ3) is 3.09. The number of ether oxygens (including phenoxy) is 1. The van der Waals surface area contributed by atoms with Crippen molar-refractivity contribution >= 4 is 0 Å². The van der Waals surface area contributed by atoms with Crippen LogP contribution < -0.4 is 4.74 Å². The summed E-state index contributed by atoms with van der Waals surface area (Å²) in [4.78, 5) is 0. The Kier molecular flexibility index (Phi) is 3.97. The number of hydrogen-bond donors (Lipinski definition) is 0. The van der Waals surface area contributed by atoms with Crippen LogP contribution in [0.1, 0.15) is 25.2 Å². The van der Waals surface area contributed by atoms with Crippen LogP contribution in [0.2, 0.25) is 0 Å². The lowest BCUT2D eigenvalue weighted by Gasteiger charge is -2.09. The predicted molar refractivity (Wildman–Crippen MR) is 70.7 cm³/mol. The number of hydrogen-bond acceptors (Lipinski definition) is 3. The van der Waals surface area contributed by atoms with Crippen LogP contribution in [-0.4, -0.2) is 21.9 Å². The van der Waals surface area contributed by atoms with E-state index in [9.17, 15) is 0 Å². The van der Waals surface area contributed by atoms with Gasteiger partial charge in [0.05, 0.1) is 7.11 Å². The van der Waals surface area contributed by atoms with E-state index in [4.69, 9.17) is 4.74 Å². The highest BCUT2D eigenvalue weighted by molar-refractivity contribution is 5.30. The van der Waals surface area contributed by atoms with Crippen molar-refractivity contribution in [3.63, 3.8) is 0 Å². The molecule has 96 valence electrons. The molecule has 0 amide bonds. The molecule has 0 radical (unpaired) electrons. The standard InChI is InChI=1S/C14H19N3O/c1-11(2)9-17-10-15-16-14(17)8-12-5-4-6-13(7-12)18-3/h4-7,10-11H,8-9H2,1-3H3. The van der Waals surface area contributed by atoms with Crippen molar-refractivity contribution in [3.8, 4) is 5.75 Å². The monoisotopic (exact) mass is 245 g/mol. The molecule has 0 aliphatic carbocycles. The van der Waals surface area contributed by atoms with Crippen molar-refractivity contribution in [2.75, 3.05) is 7.11 Å². The second-order valence-corrected chi connectivity index (χ2v) is 4.82. The SMILES string of the molecule is COc1cccc(Cc2nncn2CC(C)C)c1. The molecule has 0 fully saturated rings. The maximum Gasteiger partial charge on any atom is 0.137 e. The largest absolute Gasteiger partial charge is 0.497 e. The molecular formula is C14H19N3O. The molecule has 0 spiro atoms. The highest BCUT2D eigenvalue weighted by atomic mass is 16.5. The van der Waals surface area contributed by atoms with E-state index in [2.05, 4.69) is 34.7 Å². The van der Waals surface area contributed by atoms with Crippen LogP contribution in [0.5, 0.6) is 5.75 Å². The van der Waals surface area contributed by atoms with Gasteiger partial charge in [-0.25, -0.2) is 0 Å². The van der Waals surface area contributed by atoms with E-state index in [1.54, 1.807) is 13.4 Å². The number of methoxy groups -OCH3 is 1. The van der Waals surface area contributed by atoms with Crippen LogP contribution in [-0.2, 0) is 13.0 Å². The first kappa shape index (κ1) is 12.6. The van der Waals surface area contributed by atoms with Crippen LogP contribution in [0, 0.1) is 5.92 Å².